The molecule has 5 rings (SSSR count). The van der Waals surface area contributed by atoms with Gasteiger partial charge in [-0.1, -0.05) is 18.7 Å². The number of hydrogen-bond donors (Lipinski definition) is 2. The molecule has 1 aromatic carbocycles. The molecule has 1 aliphatic heterocycles. The molecule has 3 aromatic heterocycles. The summed E-state index contributed by atoms with van der Waals surface area (Å²) in [6.07, 6.45) is 6.97. The normalized spacial score (nSPS) is 16.1. The van der Waals surface area contributed by atoms with Gasteiger partial charge in [-0.15, -0.1) is 11.3 Å². The van der Waals surface area contributed by atoms with Gasteiger partial charge in [0.25, 0.3) is 5.91 Å². The smallest absolute Gasteiger partial charge is 0.268 e. The van der Waals surface area contributed by atoms with E-state index in [1.54, 1.807) is 12.3 Å². The molecule has 178 valence electrons. The summed E-state index contributed by atoms with van der Waals surface area (Å²) >= 11 is 1.32. The van der Waals surface area contributed by atoms with E-state index in [1.165, 1.54) is 23.6 Å². The quantitative estimate of drug-likeness (QED) is 0.409. The van der Waals surface area contributed by atoms with E-state index in [-0.39, 0.29) is 17.9 Å². The molecule has 0 unspecified atom stereocenters. The van der Waals surface area contributed by atoms with Crippen molar-refractivity contribution in [2.24, 2.45) is 0 Å². The topological polar surface area (TPSA) is 119 Å². The lowest BCUT2D eigenvalue weighted by molar-refractivity contribution is -0.125. The number of nitrogens with one attached hydrogen (secondary N) is 1. The van der Waals surface area contributed by atoms with Crippen molar-refractivity contribution < 1.29 is 9.59 Å². The fourth-order valence-electron chi connectivity index (χ4n) is 4.45. The highest BCUT2D eigenvalue weighted by atomic mass is 32.1. The second kappa shape index (κ2) is 9.67. The number of rotatable bonds is 5. The van der Waals surface area contributed by atoms with Gasteiger partial charge in [0.2, 0.25) is 11.9 Å². The third-order valence-electron chi connectivity index (χ3n) is 6.11. The van der Waals surface area contributed by atoms with Crippen LogP contribution in [0, 0.1) is 0 Å². The van der Waals surface area contributed by atoms with Crippen LogP contribution in [0.2, 0.25) is 0 Å². The first-order valence-electron chi connectivity index (χ1n) is 11.4. The fraction of sp³-hybridized carbons (Fsp3) is 0.240. The van der Waals surface area contributed by atoms with Crippen molar-refractivity contribution in [2.45, 2.75) is 25.3 Å². The van der Waals surface area contributed by atoms with Crippen molar-refractivity contribution in [1.82, 2.24) is 24.4 Å². The largest absolute Gasteiger partial charge is 0.382 e. The number of thiophene rings is 1. The van der Waals surface area contributed by atoms with Gasteiger partial charge in [0.05, 0.1) is 33.2 Å². The number of carbonyl (C=O) groups excluding carboxylic acids is 2. The predicted octanol–water partition coefficient (Wildman–Crippen LogP) is 4.13. The van der Waals surface area contributed by atoms with Gasteiger partial charge >= 0.3 is 0 Å². The van der Waals surface area contributed by atoms with Crippen LogP contribution in [-0.4, -0.2) is 49.3 Å². The van der Waals surface area contributed by atoms with E-state index in [2.05, 4.69) is 26.4 Å². The maximum absolute atomic E-state index is 13.2. The number of likely N-dealkylation sites (tertiary alicyclic amines) is 1. The van der Waals surface area contributed by atoms with Gasteiger partial charge in [0, 0.05) is 19.1 Å². The summed E-state index contributed by atoms with van der Waals surface area (Å²) in [5.74, 6) is 0.538. The number of anilines is 2. The monoisotopic (exact) mass is 487 g/mol. The Morgan fingerprint density at radius 3 is 2.80 bits per heavy atom. The van der Waals surface area contributed by atoms with Crippen LogP contribution in [0.4, 0.5) is 11.8 Å². The van der Waals surface area contributed by atoms with Crippen molar-refractivity contribution in [3.63, 3.8) is 0 Å². The van der Waals surface area contributed by atoms with Crippen LogP contribution < -0.4 is 11.1 Å². The molecular formula is C25H25N7O2S. The number of aromatic nitrogens is 4. The molecule has 0 bridgehead atoms. The lowest BCUT2D eigenvalue weighted by Gasteiger charge is -2.21. The molecule has 2 amide bonds. The molecule has 3 N–H and O–H groups in total. The minimum Gasteiger partial charge on any atom is -0.382 e. The zero-order valence-electron chi connectivity index (χ0n) is 19.1. The van der Waals surface area contributed by atoms with Gasteiger partial charge in [-0.3, -0.25) is 19.9 Å². The zero-order valence-corrected chi connectivity index (χ0v) is 19.9. The highest BCUT2D eigenvalue weighted by Gasteiger charge is 2.25. The van der Waals surface area contributed by atoms with Crippen molar-refractivity contribution >= 4 is 46.0 Å². The Kier molecular flexibility index (Phi) is 6.28. The molecule has 1 aliphatic rings. The third-order valence-corrected chi connectivity index (χ3v) is 7.21. The number of carbonyl (C=O) groups is 2. The SMILES string of the molecule is C=CC(=O)N1CCC[C@@H](n2c(NC(=O)c3ccc(-c4cncc(N)n4)s3)nc3ccccc32)CC1. The first-order valence-corrected chi connectivity index (χ1v) is 12.2. The highest BCUT2D eigenvalue weighted by molar-refractivity contribution is 7.17. The summed E-state index contributed by atoms with van der Waals surface area (Å²) in [4.78, 5) is 41.6. The third kappa shape index (κ3) is 4.65. The molecule has 4 aromatic rings. The van der Waals surface area contributed by atoms with Crippen molar-refractivity contribution in [2.75, 3.05) is 24.1 Å². The van der Waals surface area contributed by atoms with E-state index in [0.29, 0.717) is 35.4 Å². The predicted molar refractivity (Wildman–Crippen MR) is 137 cm³/mol. The van der Waals surface area contributed by atoms with Gasteiger partial charge in [-0.05, 0) is 49.6 Å². The summed E-state index contributed by atoms with van der Waals surface area (Å²) < 4.78 is 2.10. The second-order valence-corrected chi connectivity index (χ2v) is 9.44. The van der Waals surface area contributed by atoms with Crippen LogP contribution in [0.3, 0.4) is 0 Å². The number of amides is 2. The van der Waals surface area contributed by atoms with Crippen molar-refractivity contribution in [3.8, 4) is 10.6 Å². The summed E-state index contributed by atoms with van der Waals surface area (Å²) in [5.41, 5.74) is 8.14. The van der Waals surface area contributed by atoms with E-state index in [0.717, 1.165) is 35.2 Å². The molecule has 1 saturated heterocycles. The summed E-state index contributed by atoms with van der Waals surface area (Å²) in [5, 5.41) is 3.02. The number of nitrogen functional groups attached to an aromatic ring is 1. The van der Waals surface area contributed by atoms with Gasteiger partial charge in [0.1, 0.15) is 11.5 Å². The Morgan fingerprint density at radius 1 is 1.11 bits per heavy atom. The standard InChI is InChI=1S/C25H25N7O2S/c1-2-23(33)31-12-5-6-16(11-13-31)32-19-8-4-3-7-17(19)29-25(32)30-24(34)21-10-9-20(35-21)18-14-27-15-22(26)28-18/h2-4,7-10,14-16H,1,5-6,11-13H2,(H2,26,28)(H,29,30,34)/t16-/m1/s1. The van der Waals surface area contributed by atoms with Gasteiger partial charge in [-0.2, -0.15) is 0 Å². The van der Waals surface area contributed by atoms with Gasteiger partial charge in [0.15, 0.2) is 0 Å². The minimum atomic E-state index is -0.244. The molecule has 1 fully saturated rings. The maximum Gasteiger partial charge on any atom is 0.268 e. The lowest BCUT2D eigenvalue weighted by Crippen LogP contribution is -2.30. The minimum absolute atomic E-state index is 0.0481. The summed E-state index contributed by atoms with van der Waals surface area (Å²) in [7, 11) is 0. The van der Waals surface area contributed by atoms with E-state index in [4.69, 9.17) is 10.7 Å². The molecule has 0 aliphatic carbocycles. The molecule has 10 heteroatoms. The number of nitrogens with zero attached hydrogens (tertiary/aromatic N) is 5. The molecule has 4 heterocycles. The number of benzene rings is 1. The zero-order chi connectivity index (χ0) is 24.4. The Hall–Kier alpha value is -4.05. The molecule has 0 spiro atoms. The van der Waals surface area contributed by atoms with Crippen LogP contribution in [0.15, 0.2) is 61.4 Å². The second-order valence-electron chi connectivity index (χ2n) is 8.36. The van der Waals surface area contributed by atoms with Crippen molar-refractivity contribution in [1.29, 1.82) is 0 Å². The fourth-order valence-corrected chi connectivity index (χ4v) is 5.30. The number of nitrogens with two attached hydrogens (primary N) is 1. The number of imidazole rings is 1. The average Bonchev–Trinajstić information content (AvgIpc) is 3.42. The van der Waals surface area contributed by atoms with Crippen LogP contribution >= 0.6 is 11.3 Å². The maximum atomic E-state index is 13.2. The molecule has 1 atom stereocenters. The summed E-state index contributed by atoms with van der Waals surface area (Å²) in [6, 6.07) is 11.5. The van der Waals surface area contributed by atoms with Crippen LogP contribution in [0.1, 0.15) is 35.0 Å². The van der Waals surface area contributed by atoms with Crippen LogP contribution in [-0.2, 0) is 4.79 Å². The molecule has 0 saturated carbocycles. The first kappa shape index (κ1) is 22.7. The Bertz CT molecular complexity index is 1410. The Labute approximate surface area is 206 Å². The molecule has 0 radical (unpaired) electrons. The molecule has 9 nitrogen and oxygen atoms in total. The summed E-state index contributed by atoms with van der Waals surface area (Å²) in [6.45, 7) is 4.94. The van der Waals surface area contributed by atoms with Crippen LogP contribution in [0.25, 0.3) is 21.6 Å². The molecule has 35 heavy (non-hydrogen) atoms. The lowest BCUT2D eigenvalue weighted by atomic mass is 10.1. The first-order chi connectivity index (χ1) is 17.0. The highest BCUT2D eigenvalue weighted by Crippen LogP contribution is 2.32. The number of hydrogen-bond acceptors (Lipinski definition) is 7. The van der Waals surface area contributed by atoms with E-state index in [1.807, 2.05) is 35.2 Å². The van der Waals surface area contributed by atoms with E-state index < -0.39 is 0 Å². The Balaban J connectivity index is 1.42. The molecular weight excluding hydrogens is 462 g/mol. The van der Waals surface area contributed by atoms with Crippen molar-refractivity contribution in [3.05, 3.63) is 66.3 Å². The number of para-hydroxylation sites is 2. The van der Waals surface area contributed by atoms with Gasteiger partial charge < -0.3 is 15.2 Å². The van der Waals surface area contributed by atoms with Gasteiger partial charge in [-0.25, -0.2) is 9.97 Å². The number of fused-ring (bicyclic) bond motifs is 1. The van der Waals surface area contributed by atoms with Crippen LogP contribution in [0.5, 0.6) is 0 Å². The van der Waals surface area contributed by atoms with E-state index >= 15 is 0 Å². The Morgan fingerprint density at radius 2 is 1.97 bits per heavy atom. The van der Waals surface area contributed by atoms with E-state index in [9.17, 15) is 9.59 Å². The average molecular weight is 488 g/mol.